The Morgan fingerprint density at radius 1 is 1.26 bits per heavy atom. The number of hydrogen-bond donors (Lipinski definition) is 2. The second-order valence-corrected chi connectivity index (χ2v) is 6.17. The van der Waals surface area contributed by atoms with Crippen molar-refractivity contribution in [1.82, 2.24) is 20.4 Å². The van der Waals surface area contributed by atoms with Gasteiger partial charge in [0.05, 0.1) is 19.4 Å². The van der Waals surface area contributed by atoms with Crippen molar-refractivity contribution in [2.45, 2.75) is 32.4 Å². The SMILES string of the molecule is CCOC(=O)N1CCC(Nc2ccc(C(=O)NCc3ccco3)nn2)CC1. The number of amides is 2. The first-order valence-electron chi connectivity index (χ1n) is 8.98. The van der Waals surface area contributed by atoms with E-state index < -0.39 is 0 Å². The minimum Gasteiger partial charge on any atom is -0.467 e. The van der Waals surface area contributed by atoms with Gasteiger partial charge in [0.2, 0.25) is 0 Å². The first kappa shape index (κ1) is 18.7. The summed E-state index contributed by atoms with van der Waals surface area (Å²) in [5.41, 5.74) is 0.240. The monoisotopic (exact) mass is 373 g/mol. The van der Waals surface area contributed by atoms with Gasteiger partial charge in [-0.2, -0.15) is 0 Å². The number of furan rings is 1. The third-order valence-corrected chi connectivity index (χ3v) is 4.27. The van der Waals surface area contributed by atoms with Crippen molar-refractivity contribution in [2.24, 2.45) is 0 Å². The first-order valence-corrected chi connectivity index (χ1v) is 8.98. The topological polar surface area (TPSA) is 110 Å². The third-order valence-electron chi connectivity index (χ3n) is 4.27. The zero-order chi connectivity index (χ0) is 19.1. The molecule has 9 heteroatoms. The number of nitrogens with one attached hydrogen (secondary N) is 2. The number of carbonyl (C=O) groups excluding carboxylic acids is 2. The van der Waals surface area contributed by atoms with E-state index in [0.29, 0.717) is 37.8 Å². The molecule has 1 saturated heterocycles. The fourth-order valence-corrected chi connectivity index (χ4v) is 2.83. The number of piperidine rings is 1. The van der Waals surface area contributed by atoms with Crippen LogP contribution in [0.1, 0.15) is 36.0 Å². The molecule has 0 atom stereocenters. The standard InChI is InChI=1S/C18H23N5O4/c1-2-26-18(25)23-9-7-13(8-10-23)20-16-6-5-15(21-22-16)17(24)19-12-14-4-3-11-27-14/h3-6,11,13H,2,7-10,12H2,1H3,(H,19,24)(H,20,22). The highest BCUT2D eigenvalue weighted by Crippen LogP contribution is 2.15. The van der Waals surface area contributed by atoms with E-state index in [4.69, 9.17) is 9.15 Å². The molecule has 0 spiro atoms. The van der Waals surface area contributed by atoms with Crippen LogP contribution in [-0.4, -0.2) is 52.8 Å². The summed E-state index contributed by atoms with van der Waals surface area (Å²) in [6.45, 7) is 3.75. The predicted octanol–water partition coefficient (Wildman–Crippen LogP) is 2.03. The molecule has 1 aliphatic rings. The molecule has 9 nitrogen and oxygen atoms in total. The lowest BCUT2D eigenvalue weighted by Crippen LogP contribution is -2.42. The van der Waals surface area contributed by atoms with Gasteiger partial charge in [0.15, 0.2) is 5.69 Å². The maximum absolute atomic E-state index is 12.1. The zero-order valence-corrected chi connectivity index (χ0v) is 15.2. The minimum absolute atomic E-state index is 0.198. The molecule has 1 fully saturated rings. The van der Waals surface area contributed by atoms with Gasteiger partial charge in [-0.25, -0.2) is 4.79 Å². The summed E-state index contributed by atoms with van der Waals surface area (Å²) in [7, 11) is 0. The second kappa shape index (κ2) is 9.02. The number of aromatic nitrogens is 2. The molecule has 3 heterocycles. The summed E-state index contributed by atoms with van der Waals surface area (Å²) in [6.07, 6.45) is 2.89. The average molecular weight is 373 g/mol. The normalized spacial score (nSPS) is 14.6. The number of rotatable bonds is 6. The molecule has 2 N–H and O–H groups in total. The Labute approximate surface area is 157 Å². The Morgan fingerprint density at radius 3 is 2.70 bits per heavy atom. The van der Waals surface area contributed by atoms with Gasteiger partial charge in [0.25, 0.3) is 5.91 Å². The third kappa shape index (κ3) is 5.19. The van der Waals surface area contributed by atoms with Gasteiger partial charge in [-0.1, -0.05) is 0 Å². The van der Waals surface area contributed by atoms with Crippen molar-refractivity contribution in [3.05, 3.63) is 42.0 Å². The van der Waals surface area contributed by atoms with Gasteiger partial charge >= 0.3 is 6.09 Å². The molecule has 0 aliphatic carbocycles. The quantitative estimate of drug-likeness (QED) is 0.797. The smallest absolute Gasteiger partial charge is 0.409 e. The van der Waals surface area contributed by atoms with Crippen molar-refractivity contribution < 1.29 is 18.7 Å². The molecular weight excluding hydrogens is 350 g/mol. The summed E-state index contributed by atoms with van der Waals surface area (Å²) in [4.78, 5) is 25.5. The summed E-state index contributed by atoms with van der Waals surface area (Å²) in [6, 6.07) is 7.10. The number of ether oxygens (including phenoxy) is 1. The molecule has 2 aromatic heterocycles. The fourth-order valence-electron chi connectivity index (χ4n) is 2.83. The molecule has 144 valence electrons. The van der Waals surface area contributed by atoms with Crippen LogP contribution in [0.2, 0.25) is 0 Å². The molecule has 1 aliphatic heterocycles. The molecule has 0 saturated carbocycles. The summed E-state index contributed by atoms with van der Waals surface area (Å²) < 4.78 is 10.2. The Bertz CT molecular complexity index is 740. The van der Waals surface area contributed by atoms with E-state index in [1.807, 2.05) is 0 Å². The average Bonchev–Trinajstić information content (AvgIpc) is 3.21. The van der Waals surface area contributed by atoms with E-state index >= 15 is 0 Å². The lowest BCUT2D eigenvalue weighted by molar-refractivity contribution is 0.0941. The predicted molar refractivity (Wildman–Crippen MR) is 97.1 cm³/mol. The summed E-state index contributed by atoms with van der Waals surface area (Å²) in [5.74, 6) is 0.962. The Morgan fingerprint density at radius 2 is 2.07 bits per heavy atom. The van der Waals surface area contributed by atoms with E-state index in [1.165, 1.54) is 0 Å². The highest BCUT2D eigenvalue weighted by Gasteiger charge is 2.23. The molecule has 0 unspecified atom stereocenters. The number of anilines is 1. The van der Waals surface area contributed by atoms with E-state index in [2.05, 4.69) is 20.8 Å². The van der Waals surface area contributed by atoms with Crippen LogP contribution < -0.4 is 10.6 Å². The molecule has 0 bridgehead atoms. The molecular formula is C18H23N5O4. The Balaban J connectivity index is 1.45. The van der Waals surface area contributed by atoms with E-state index in [0.717, 1.165) is 12.8 Å². The summed E-state index contributed by atoms with van der Waals surface area (Å²) >= 11 is 0. The van der Waals surface area contributed by atoms with E-state index in [1.54, 1.807) is 42.4 Å². The minimum atomic E-state index is -0.312. The number of hydrogen-bond acceptors (Lipinski definition) is 7. The Hall–Kier alpha value is -3.10. The van der Waals surface area contributed by atoms with Gasteiger partial charge in [0.1, 0.15) is 11.6 Å². The molecule has 2 aromatic rings. The highest BCUT2D eigenvalue weighted by molar-refractivity contribution is 5.92. The maximum atomic E-state index is 12.1. The van der Waals surface area contributed by atoms with E-state index in [9.17, 15) is 9.59 Å². The van der Waals surface area contributed by atoms with Crippen LogP contribution in [0.4, 0.5) is 10.6 Å². The van der Waals surface area contributed by atoms with Crippen molar-refractivity contribution in [1.29, 1.82) is 0 Å². The molecule has 2 amide bonds. The van der Waals surface area contributed by atoms with Crippen LogP contribution in [0.3, 0.4) is 0 Å². The second-order valence-electron chi connectivity index (χ2n) is 6.17. The van der Waals surface area contributed by atoms with Gasteiger partial charge in [-0.15, -0.1) is 10.2 Å². The van der Waals surface area contributed by atoms with Gasteiger partial charge in [-0.3, -0.25) is 4.79 Å². The highest BCUT2D eigenvalue weighted by atomic mass is 16.6. The Kier molecular flexibility index (Phi) is 6.24. The number of likely N-dealkylation sites (tertiary alicyclic amines) is 1. The van der Waals surface area contributed by atoms with Crippen molar-refractivity contribution in [2.75, 3.05) is 25.0 Å². The molecule has 0 aromatic carbocycles. The van der Waals surface area contributed by atoms with Crippen molar-refractivity contribution in [3.63, 3.8) is 0 Å². The van der Waals surface area contributed by atoms with E-state index in [-0.39, 0.29) is 23.7 Å². The van der Waals surface area contributed by atoms with Crippen LogP contribution in [0.15, 0.2) is 34.9 Å². The lowest BCUT2D eigenvalue weighted by Gasteiger charge is -2.31. The number of carbonyl (C=O) groups is 2. The van der Waals surface area contributed by atoms with Gasteiger partial charge < -0.3 is 24.7 Å². The summed E-state index contributed by atoms with van der Waals surface area (Å²) in [5, 5.41) is 14.1. The van der Waals surface area contributed by atoms with Crippen LogP contribution >= 0.6 is 0 Å². The largest absolute Gasteiger partial charge is 0.467 e. The van der Waals surface area contributed by atoms with Crippen LogP contribution in [0.5, 0.6) is 0 Å². The lowest BCUT2D eigenvalue weighted by atomic mass is 10.1. The zero-order valence-electron chi connectivity index (χ0n) is 15.2. The molecule has 27 heavy (non-hydrogen) atoms. The number of nitrogens with zero attached hydrogens (tertiary/aromatic N) is 3. The van der Waals surface area contributed by atoms with Crippen molar-refractivity contribution >= 4 is 17.8 Å². The van der Waals surface area contributed by atoms with Gasteiger partial charge in [0, 0.05) is 19.1 Å². The molecule has 3 rings (SSSR count). The fraction of sp³-hybridized carbons (Fsp3) is 0.444. The maximum Gasteiger partial charge on any atom is 0.409 e. The molecule has 0 radical (unpaired) electrons. The van der Waals surface area contributed by atoms with Crippen LogP contribution in [0.25, 0.3) is 0 Å². The van der Waals surface area contributed by atoms with Crippen LogP contribution in [0, 0.1) is 0 Å². The van der Waals surface area contributed by atoms with Crippen molar-refractivity contribution in [3.8, 4) is 0 Å². The first-order chi connectivity index (χ1) is 13.2. The van der Waals surface area contributed by atoms with Crippen LogP contribution in [-0.2, 0) is 11.3 Å². The van der Waals surface area contributed by atoms with Gasteiger partial charge in [-0.05, 0) is 44.0 Å².